The largest absolute Gasteiger partial charge is 0.377 e. The Kier molecular flexibility index (Phi) is 6.63. The smallest absolute Gasteiger partial charge is 0.254 e. The van der Waals surface area contributed by atoms with E-state index in [4.69, 9.17) is 9.47 Å². The third-order valence-corrected chi connectivity index (χ3v) is 5.33. The maximum absolute atomic E-state index is 13.0. The molecule has 0 aliphatic carbocycles. The van der Waals surface area contributed by atoms with Crippen molar-refractivity contribution in [3.63, 3.8) is 0 Å². The van der Waals surface area contributed by atoms with Crippen LogP contribution in [0, 0.1) is 0 Å². The molecule has 30 heavy (non-hydrogen) atoms. The van der Waals surface area contributed by atoms with Gasteiger partial charge in [-0.15, -0.1) is 10.2 Å². The summed E-state index contributed by atoms with van der Waals surface area (Å²) in [6.07, 6.45) is -0.281. The van der Waals surface area contributed by atoms with Gasteiger partial charge in [-0.1, -0.05) is 29.5 Å². The van der Waals surface area contributed by atoms with Gasteiger partial charge in [0.2, 0.25) is 5.13 Å². The molecule has 0 radical (unpaired) electrons. The van der Waals surface area contributed by atoms with Crippen molar-refractivity contribution >= 4 is 28.2 Å². The van der Waals surface area contributed by atoms with Crippen LogP contribution in [-0.4, -0.2) is 52.3 Å². The predicted octanol–water partition coefficient (Wildman–Crippen LogP) is 3.43. The fraction of sp³-hybridized carbons (Fsp3) is 0.333. The van der Waals surface area contributed by atoms with Gasteiger partial charge in [0.15, 0.2) is 0 Å². The number of hydrogen-bond acceptors (Lipinski definition) is 8. The van der Waals surface area contributed by atoms with Gasteiger partial charge in [-0.05, 0) is 36.8 Å². The molecular weight excluding hydrogens is 402 g/mol. The molecule has 9 heteroatoms. The van der Waals surface area contributed by atoms with Crippen molar-refractivity contribution in [1.29, 1.82) is 0 Å². The fourth-order valence-electron chi connectivity index (χ4n) is 3.20. The first-order valence-corrected chi connectivity index (χ1v) is 10.7. The number of carbonyl (C=O) groups excluding carboxylic acids is 1. The van der Waals surface area contributed by atoms with Gasteiger partial charge in [-0.3, -0.25) is 4.79 Å². The minimum absolute atomic E-state index is 0.00519. The Balaban J connectivity index is 1.42. The topological polar surface area (TPSA) is 89.5 Å². The summed E-state index contributed by atoms with van der Waals surface area (Å²) < 4.78 is 11.3. The molecule has 0 bridgehead atoms. The predicted molar refractivity (Wildman–Crippen MR) is 114 cm³/mol. The molecular formula is C21H23N5O3S. The highest BCUT2D eigenvalue weighted by atomic mass is 32.1. The van der Waals surface area contributed by atoms with Crippen molar-refractivity contribution in [2.75, 3.05) is 31.6 Å². The van der Waals surface area contributed by atoms with E-state index in [2.05, 4.69) is 20.5 Å². The summed E-state index contributed by atoms with van der Waals surface area (Å²) >= 11 is 1.40. The minimum atomic E-state index is -0.281. The molecule has 1 aliphatic heterocycles. The number of aromatic nitrogens is 3. The molecule has 1 aliphatic rings. The first-order chi connectivity index (χ1) is 14.7. The Morgan fingerprint density at radius 1 is 1.30 bits per heavy atom. The Morgan fingerprint density at radius 3 is 2.93 bits per heavy atom. The zero-order valence-electron chi connectivity index (χ0n) is 16.7. The van der Waals surface area contributed by atoms with Gasteiger partial charge in [-0.2, -0.15) is 0 Å². The number of nitrogens with zero attached hydrogens (tertiary/aromatic N) is 4. The molecule has 1 saturated heterocycles. The van der Waals surface area contributed by atoms with Crippen LogP contribution in [0.15, 0.2) is 48.0 Å². The number of hydrogen-bond donors (Lipinski definition) is 1. The van der Waals surface area contributed by atoms with E-state index < -0.39 is 0 Å². The quantitative estimate of drug-likeness (QED) is 0.620. The van der Waals surface area contributed by atoms with Gasteiger partial charge in [-0.25, -0.2) is 4.98 Å². The zero-order chi connectivity index (χ0) is 20.8. The van der Waals surface area contributed by atoms with Gasteiger partial charge in [0.05, 0.1) is 25.5 Å². The average Bonchev–Trinajstić information content (AvgIpc) is 3.31. The molecule has 8 nitrogen and oxygen atoms in total. The van der Waals surface area contributed by atoms with Crippen molar-refractivity contribution in [3.8, 4) is 0 Å². The third-order valence-electron chi connectivity index (χ3n) is 4.72. The zero-order valence-corrected chi connectivity index (χ0v) is 17.5. The second-order valence-corrected chi connectivity index (χ2v) is 7.59. The van der Waals surface area contributed by atoms with Gasteiger partial charge >= 0.3 is 0 Å². The molecule has 1 atom stereocenters. The molecule has 0 unspecified atom stereocenters. The Bertz CT molecular complexity index is 965. The second kappa shape index (κ2) is 9.75. The van der Waals surface area contributed by atoms with Crippen LogP contribution < -0.4 is 5.32 Å². The van der Waals surface area contributed by atoms with E-state index in [1.807, 2.05) is 54.3 Å². The van der Waals surface area contributed by atoms with E-state index in [1.54, 1.807) is 5.51 Å². The third kappa shape index (κ3) is 4.99. The van der Waals surface area contributed by atoms with Crippen LogP contribution >= 0.6 is 11.3 Å². The minimum Gasteiger partial charge on any atom is -0.377 e. The number of pyridine rings is 1. The van der Waals surface area contributed by atoms with Gasteiger partial charge in [0.1, 0.15) is 17.4 Å². The van der Waals surface area contributed by atoms with Crippen LogP contribution in [0.25, 0.3) is 0 Å². The molecule has 2 aromatic heterocycles. The lowest BCUT2D eigenvalue weighted by Crippen LogP contribution is -2.42. The van der Waals surface area contributed by atoms with E-state index >= 15 is 0 Å². The number of anilines is 2. The summed E-state index contributed by atoms with van der Waals surface area (Å²) in [5.74, 6) is 0.663. The summed E-state index contributed by atoms with van der Waals surface area (Å²) in [5.41, 5.74) is 4.14. The molecule has 1 amide bonds. The van der Waals surface area contributed by atoms with Gasteiger partial charge < -0.3 is 19.7 Å². The molecule has 3 heterocycles. The number of carbonyl (C=O) groups is 1. The molecule has 0 saturated carbocycles. The van der Waals surface area contributed by atoms with Crippen molar-refractivity contribution in [2.24, 2.45) is 0 Å². The van der Waals surface area contributed by atoms with E-state index in [9.17, 15) is 4.79 Å². The summed E-state index contributed by atoms with van der Waals surface area (Å²) in [6, 6.07) is 13.3. The number of ether oxygens (including phenoxy) is 2. The maximum Gasteiger partial charge on any atom is 0.254 e. The van der Waals surface area contributed by atoms with Crippen molar-refractivity contribution in [1.82, 2.24) is 20.1 Å². The Hall–Kier alpha value is -2.88. The average molecular weight is 426 g/mol. The van der Waals surface area contributed by atoms with Gasteiger partial charge in [0, 0.05) is 18.7 Å². The van der Waals surface area contributed by atoms with Crippen LogP contribution in [-0.2, 0) is 16.1 Å². The highest BCUT2D eigenvalue weighted by Gasteiger charge is 2.27. The van der Waals surface area contributed by atoms with E-state index in [0.717, 1.165) is 11.3 Å². The number of nitrogens with one attached hydrogen (secondary N) is 1. The summed E-state index contributed by atoms with van der Waals surface area (Å²) in [6.45, 7) is 4.66. The number of amides is 1. The van der Waals surface area contributed by atoms with Crippen LogP contribution in [0.4, 0.5) is 10.9 Å². The SMILES string of the molecule is CCOCc1ccc(C(=O)N2CCO[C@@H](c3cccc(Nc4nncs4)n3)C2)cc1. The molecule has 1 aromatic carbocycles. The van der Waals surface area contributed by atoms with Crippen LogP contribution in [0.5, 0.6) is 0 Å². The van der Waals surface area contributed by atoms with E-state index in [0.29, 0.717) is 49.4 Å². The Morgan fingerprint density at radius 2 is 2.17 bits per heavy atom. The molecule has 3 aromatic rings. The second-order valence-electron chi connectivity index (χ2n) is 6.76. The highest BCUT2D eigenvalue weighted by Crippen LogP contribution is 2.24. The van der Waals surface area contributed by atoms with Crippen molar-refractivity contribution < 1.29 is 14.3 Å². The van der Waals surface area contributed by atoms with Crippen LogP contribution in [0.2, 0.25) is 0 Å². The van der Waals surface area contributed by atoms with Crippen LogP contribution in [0.3, 0.4) is 0 Å². The van der Waals surface area contributed by atoms with Crippen molar-refractivity contribution in [3.05, 3.63) is 64.8 Å². The molecule has 0 spiro atoms. The summed E-state index contributed by atoms with van der Waals surface area (Å²) in [4.78, 5) is 19.4. The lowest BCUT2D eigenvalue weighted by molar-refractivity contribution is -0.0246. The standard InChI is InChI=1S/C21H23N5O3S/c1-2-28-13-15-6-8-16(9-7-15)20(27)26-10-11-29-18(12-26)17-4-3-5-19(23-17)24-21-25-22-14-30-21/h3-9,14,18H,2,10-13H2,1H3,(H,23,24,25)/t18-/m1/s1. The summed E-state index contributed by atoms with van der Waals surface area (Å²) in [5, 5.41) is 11.6. The van der Waals surface area contributed by atoms with E-state index in [1.165, 1.54) is 11.3 Å². The first-order valence-electron chi connectivity index (χ1n) is 9.80. The lowest BCUT2D eigenvalue weighted by atomic mass is 10.1. The maximum atomic E-state index is 13.0. The molecule has 1 fully saturated rings. The monoisotopic (exact) mass is 425 g/mol. The Labute approximate surface area is 178 Å². The van der Waals surface area contributed by atoms with Crippen molar-refractivity contribution in [2.45, 2.75) is 19.6 Å². The van der Waals surface area contributed by atoms with Gasteiger partial charge in [0.25, 0.3) is 5.91 Å². The fourth-order valence-corrected chi connectivity index (χ4v) is 3.65. The first kappa shape index (κ1) is 20.4. The number of benzene rings is 1. The number of morpholine rings is 1. The molecule has 156 valence electrons. The highest BCUT2D eigenvalue weighted by molar-refractivity contribution is 7.13. The summed E-state index contributed by atoms with van der Waals surface area (Å²) in [7, 11) is 0. The number of rotatable bonds is 7. The molecule has 4 rings (SSSR count). The van der Waals surface area contributed by atoms with Crippen LogP contribution in [0.1, 0.15) is 34.6 Å². The normalized spacial score (nSPS) is 16.4. The lowest BCUT2D eigenvalue weighted by Gasteiger charge is -2.33. The molecule has 1 N–H and O–H groups in total. The van der Waals surface area contributed by atoms with E-state index in [-0.39, 0.29) is 12.0 Å².